The van der Waals surface area contributed by atoms with Gasteiger partial charge in [-0.3, -0.25) is 4.79 Å². The van der Waals surface area contributed by atoms with Crippen LogP contribution in [0.2, 0.25) is 0 Å². The Kier molecular flexibility index (Phi) is 5.46. The highest BCUT2D eigenvalue weighted by molar-refractivity contribution is 5.96. The maximum absolute atomic E-state index is 12.6. The molecule has 0 radical (unpaired) electrons. The average Bonchev–Trinajstić information content (AvgIpc) is 2.63. The normalized spacial score (nSPS) is 16.7. The zero-order valence-electron chi connectivity index (χ0n) is 13.6. The second kappa shape index (κ2) is 7.96. The minimum atomic E-state index is 0.227. The fourth-order valence-corrected chi connectivity index (χ4v) is 3.56. The minimum Gasteiger partial charge on any atom is -0.382 e. The van der Waals surface area contributed by atoms with Gasteiger partial charge in [0.15, 0.2) is 5.78 Å². The molecule has 0 saturated heterocycles. The Balaban J connectivity index is 1.73. The van der Waals surface area contributed by atoms with Gasteiger partial charge in [-0.2, -0.15) is 0 Å². The maximum atomic E-state index is 12.6. The van der Waals surface area contributed by atoms with E-state index >= 15 is 0 Å². The SMILES string of the molecule is O=C(CC(Nc1ccccc1)C1CCCCC1)c1ccccc1. The molecule has 0 aliphatic heterocycles. The molecule has 3 rings (SSSR count). The van der Waals surface area contributed by atoms with E-state index in [2.05, 4.69) is 17.4 Å². The highest BCUT2D eigenvalue weighted by Gasteiger charge is 2.26. The predicted octanol–water partition coefficient (Wildman–Crippen LogP) is 5.32. The van der Waals surface area contributed by atoms with Crippen LogP contribution in [0.15, 0.2) is 60.7 Å². The van der Waals surface area contributed by atoms with Gasteiger partial charge in [-0.1, -0.05) is 67.8 Å². The smallest absolute Gasteiger partial charge is 0.164 e. The predicted molar refractivity (Wildman–Crippen MR) is 95.8 cm³/mol. The van der Waals surface area contributed by atoms with Gasteiger partial charge < -0.3 is 5.32 Å². The Morgan fingerprint density at radius 1 is 0.913 bits per heavy atom. The molecule has 1 fully saturated rings. The molecule has 1 saturated carbocycles. The van der Waals surface area contributed by atoms with E-state index in [1.54, 1.807) is 0 Å². The van der Waals surface area contributed by atoms with Crippen LogP contribution in [-0.2, 0) is 0 Å². The molecule has 1 unspecified atom stereocenters. The second-order valence-corrected chi connectivity index (χ2v) is 6.51. The summed E-state index contributed by atoms with van der Waals surface area (Å²) < 4.78 is 0. The fourth-order valence-electron chi connectivity index (χ4n) is 3.56. The van der Waals surface area contributed by atoms with Crippen LogP contribution < -0.4 is 5.32 Å². The largest absolute Gasteiger partial charge is 0.382 e. The van der Waals surface area contributed by atoms with Crippen LogP contribution in [0.25, 0.3) is 0 Å². The number of rotatable bonds is 6. The third-order valence-electron chi connectivity index (χ3n) is 4.85. The van der Waals surface area contributed by atoms with E-state index in [1.807, 2.05) is 48.5 Å². The summed E-state index contributed by atoms with van der Waals surface area (Å²) in [5, 5.41) is 3.63. The first-order valence-corrected chi connectivity index (χ1v) is 8.73. The highest BCUT2D eigenvalue weighted by atomic mass is 16.1. The summed E-state index contributed by atoms with van der Waals surface area (Å²) in [6, 6.07) is 20.2. The lowest BCUT2D eigenvalue weighted by molar-refractivity contribution is 0.0964. The molecule has 0 heterocycles. The molecular weight excluding hydrogens is 282 g/mol. The van der Waals surface area contributed by atoms with E-state index in [9.17, 15) is 4.79 Å². The number of para-hydroxylation sites is 1. The molecule has 2 aromatic rings. The molecule has 1 aliphatic carbocycles. The van der Waals surface area contributed by atoms with E-state index in [-0.39, 0.29) is 11.8 Å². The number of carbonyl (C=O) groups excluding carboxylic acids is 1. The van der Waals surface area contributed by atoms with Crippen molar-refractivity contribution in [3.8, 4) is 0 Å². The maximum Gasteiger partial charge on any atom is 0.164 e. The monoisotopic (exact) mass is 307 g/mol. The van der Waals surface area contributed by atoms with Gasteiger partial charge in [-0.25, -0.2) is 0 Å². The Labute approximate surface area is 138 Å². The standard InChI is InChI=1S/C21H25NO/c23-21(18-12-6-2-7-13-18)16-20(17-10-4-1-5-11-17)22-19-14-8-3-9-15-19/h2-3,6-9,12-15,17,20,22H,1,4-5,10-11,16H2. The summed E-state index contributed by atoms with van der Waals surface area (Å²) in [4.78, 5) is 12.6. The quantitative estimate of drug-likeness (QED) is 0.732. The summed E-state index contributed by atoms with van der Waals surface area (Å²) in [6.45, 7) is 0. The Hall–Kier alpha value is -2.09. The van der Waals surface area contributed by atoms with Crippen molar-refractivity contribution in [2.24, 2.45) is 5.92 Å². The topological polar surface area (TPSA) is 29.1 Å². The van der Waals surface area contributed by atoms with E-state index in [4.69, 9.17) is 0 Å². The minimum absolute atomic E-state index is 0.227. The molecule has 2 nitrogen and oxygen atoms in total. The summed E-state index contributed by atoms with van der Waals surface area (Å²) in [5.41, 5.74) is 1.94. The molecule has 23 heavy (non-hydrogen) atoms. The number of hydrogen-bond acceptors (Lipinski definition) is 2. The molecule has 1 aliphatic rings. The first-order valence-electron chi connectivity index (χ1n) is 8.73. The van der Waals surface area contributed by atoms with Crippen molar-refractivity contribution < 1.29 is 4.79 Å². The molecule has 1 atom stereocenters. The summed E-state index contributed by atoms with van der Waals surface area (Å²) in [6.07, 6.45) is 6.94. The van der Waals surface area contributed by atoms with Crippen molar-refractivity contribution >= 4 is 11.5 Å². The van der Waals surface area contributed by atoms with Crippen molar-refractivity contribution in [2.45, 2.75) is 44.6 Å². The summed E-state index contributed by atoms with van der Waals surface area (Å²) in [5.74, 6) is 0.834. The van der Waals surface area contributed by atoms with Gasteiger partial charge in [0, 0.05) is 23.7 Å². The van der Waals surface area contributed by atoms with Crippen molar-refractivity contribution in [2.75, 3.05) is 5.32 Å². The summed E-state index contributed by atoms with van der Waals surface area (Å²) >= 11 is 0. The summed E-state index contributed by atoms with van der Waals surface area (Å²) in [7, 11) is 0. The number of hydrogen-bond donors (Lipinski definition) is 1. The molecule has 2 aromatic carbocycles. The van der Waals surface area contributed by atoms with E-state index in [1.165, 1.54) is 32.1 Å². The van der Waals surface area contributed by atoms with Crippen LogP contribution in [0.3, 0.4) is 0 Å². The third kappa shape index (κ3) is 4.44. The van der Waals surface area contributed by atoms with Crippen LogP contribution >= 0.6 is 0 Å². The Bertz CT molecular complexity index is 602. The molecule has 0 bridgehead atoms. The first kappa shape index (κ1) is 15.8. The molecule has 1 N–H and O–H groups in total. The van der Waals surface area contributed by atoms with Crippen molar-refractivity contribution in [1.29, 1.82) is 0 Å². The molecule has 0 aromatic heterocycles. The van der Waals surface area contributed by atoms with Crippen molar-refractivity contribution in [3.63, 3.8) is 0 Å². The fraction of sp³-hybridized carbons (Fsp3) is 0.381. The highest BCUT2D eigenvalue weighted by Crippen LogP contribution is 2.30. The molecule has 2 heteroatoms. The first-order chi connectivity index (χ1) is 11.3. The number of anilines is 1. The van der Waals surface area contributed by atoms with Crippen LogP contribution in [0.4, 0.5) is 5.69 Å². The van der Waals surface area contributed by atoms with Crippen LogP contribution in [0, 0.1) is 5.92 Å². The van der Waals surface area contributed by atoms with Crippen molar-refractivity contribution in [3.05, 3.63) is 66.2 Å². The van der Waals surface area contributed by atoms with Gasteiger partial charge in [0.1, 0.15) is 0 Å². The van der Waals surface area contributed by atoms with Crippen LogP contribution in [0.1, 0.15) is 48.9 Å². The van der Waals surface area contributed by atoms with Gasteiger partial charge >= 0.3 is 0 Å². The van der Waals surface area contributed by atoms with Gasteiger partial charge in [-0.15, -0.1) is 0 Å². The Morgan fingerprint density at radius 2 is 1.52 bits per heavy atom. The van der Waals surface area contributed by atoms with Gasteiger partial charge in [0.25, 0.3) is 0 Å². The van der Waals surface area contributed by atoms with Gasteiger partial charge in [0.2, 0.25) is 0 Å². The van der Waals surface area contributed by atoms with Crippen molar-refractivity contribution in [1.82, 2.24) is 0 Å². The second-order valence-electron chi connectivity index (χ2n) is 6.51. The Morgan fingerprint density at radius 3 is 2.17 bits per heavy atom. The van der Waals surface area contributed by atoms with E-state index in [0.29, 0.717) is 12.3 Å². The zero-order chi connectivity index (χ0) is 15.9. The number of ketones is 1. The van der Waals surface area contributed by atoms with Gasteiger partial charge in [0.05, 0.1) is 0 Å². The van der Waals surface area contributed by atoms with E-state index in [0.717, 1.165) is 11.3 Å². The molecule has 0 spiro atoms. The number of Topliss-reactive ketones (excluding diaryl/α,β-unsaturated/α-hetero) is 1. The lowest BCUT2D eigenvalue weighted by Crippen LogP contribution is -2.33. The number of carbonyl (C=O) groups is 1. The number of benzene rings is 2. The lowest BCUT2D eigenvalue weighted by atomic mass is 9.81. The van der Waals surface area contributed by atoms with Crippen LogP contribution in [0.5, 0.6) is 0 Å². The van der Waals surface area contributed by atoms with E-state index < -0.39 is 0 Å². The molecule has 120 valence electrons. The average molecular weight is 307 g/mol. The third-order valence-corrected chi connectivity index (χ3v) is 4.85. The van der Waals surface area contributed by atoms with Crippen LogP contribution in [-0.4, -0.2) is 11.8 Å². The lowest BCUT2D eigenvalue weighted by Gasteiger charge is -2.31. The molecular formula is C21H25NO. The zero-order valence-corrected chi connectivity index (χ0v) is 13.6. The van der Waals surface area contributed by atoms with Gasteiger partial charge in [-0.05, 0) is 30.9 Å². The molecule has 0 amide bonds. The number of nitrogens with one attached hydrogen (secondary N) is 1.